The number of aliphatic hydroxyl groups is 1. The van der Waals surface area contributed by atoms with Crippen LogP contribution in [-0.4, -0.2) is 87.9 Å². The van der Waals surface area contributed by atoms with Crippen molar-refractivity contribution in [1.29, 1.82) is 0 Å². The number of anilines is 1. The van der Waals surface area contributed by atoms with Crippen molar-refractivity contribution < 1.29 is 32.5 Å². The number of halogens is 2. The SMILES string of the molecule is COc1ccc(S(=O)(=O)Nc2ccc3c(c2)C(=O)N([C@H](C)CO)C[C@H](C)[C@H](CN(C)Cc2ccc(Cl)c(Cl)c2)OCCCC[C@H](C)O3)cc1. The average molecular weight is 737 g/mol. The molecule has 2 N–H and O–H groups in total. The molecule has 0 saturated heterocycles. The molecule has 0 saturated carbocycles. The van der Waals surface area contributed by atoms with Gasteiger partial charge in [0.15, 0.2) is 0 Å². The van der Waals surface area contributed by atoms with Crippen molar-refractivity contribution in [3.63, 3.8) is 0 Å². The summed E-state index contributed by atoms with van der Waals surface area (Å²) in [7, 11) is -0.467. The van der Waals surface area contributed by atoms with E-state index in [0.29, 0.717) is 41.2 Å². The van der Waals surface area contributed by atoms with Gasteiger partial charge in [-0.25, -0.2) is 8.42 Å². The van der Waals surface area contributed by atoms with E-state index in [1.165, 1.54) is 25.3 Å². The molecule has 1 aliphatic heterocycles. The number of carbonyl (C=O) groups is 1. The van der Waals surface area contributed by atoms with Gasteiger partial charge in [-0.15, -0.1) is 0 Å². The third-order valence-electron chi connectivity index (χ3n) is 8.60. The van der Waals surface area contributed by atoms with E-state index in [1.54, 1.807) is 42.2 Å². The number of carbonyl (C=O) groups excluding carboxylic acids is 1. The Hall–Kier alpha value is -3.06. The zero-order valence-electron chi connectivity index (χ0n) is 28.7. The van der Waals surface area contributed by atoms with Crippen LogP contribution < -0.4 is 14.2 Å². The molecule has 0 radical (unpaired) electrons. The first-order chi connectivity index (χ1) is 23.3. The molecular formula is C36H47Cl2N3O7S. The van der Waals surface area contributed by atoms with Gasteiger partial charge in [-0.1, -0.05) is 36.2 Å². The van der Waals surface area contributed by atoms with Crippen molar-refractivity contribution in [2.45, 2.75) is 69.7 Å². The molecule has 49 heavy (non-hydrogen) atoms. The maximum absolute atomic E-state index is 14.4. The lowest BCUT2D eigenvalue weighted by molar-refractivity contribution is -0.0177. The van der Waals surface area contributed by atoms with Gasteiger partial charge in [-0.3, -0.25) is 14.4 Å². The Kier molecular flexibility index (Phi) is 14.0. The second-order valence-electron chi connectivity index (χ2n) is 12.7. The zero-order valence-corrected chi connectivity index (χ0v) is 31.0. The fourth-order valence-corrected chi connectivity index (χ4v) is 7.11. The van der Waals surface area contributed by atoms with Crippen molar-refractivity contribution in [2.75, 3.05) is 45.2 Å². The van der Waals surface area contributed by atoms with Gasteiger partial charge in [-0.05, 0) is 100 Å². The number of amides is 1. The van der Waals surface area contributed by atoms with Crippen LogP contribution in [0, 0.1) is 5.92 Å². The molecule has 0 spiro atoms. The number of hydrogen-bond acceptors (Lipinski definition) is 8. The Morgan fingerprint density at radius 1 is 1.06 bits per heavy atom. The molecule has 1 heterocycles. The fourth-order valence-electron chi connectivity index (χ4n) is 5.74. The van der Waals surface area contributed by atoms with E-state index in [2.05, 4.69) is 9.62 Å². The monoisotopic (exact) mass is 735 g/mol. The Morgan fingerprint density at radius 2 is 1.80 bits per heavy atom. The number of fused-ring (bicyclic) bond motifs is 1. The minimum Gasteiger partial charge on any atom is -0.497 e. The Labute approximate surface area is 300 Å². The number of benzene rings is 3. The van der Waals surface area contributed by atoms with Crippen LogP contribution in [0.25, 0.3) is 0 Å². The molecule has 10 nitrogen and oxygen atoms in total. The highest BCUT2D eigenvalue weighted by atomic mass is 35.5. The first-order valence-electron chi connectivity index (χ1n) is 16.4. The van der Waals surface area contributed by atoms with Crippen LogP contribution in [0.2, 0.25) is 10.0 Å². The van der Waals surface area contributed by atoms with Crippen LogP contribution >= 0.6 is 23.2 Å². The molecule has 3 aromatic carbocycles. The first kappa shape index (κ1) is 38.7. The van der Waals surface area contributed by atoms with Crippen LogP contribution in [0.15, 0.2) is 65.6 Å². The van der Waals surface area contributed by atoms with Crippen LogP contribution in [0.3, 0.4) is 0 Å². The standard InChI is InChI=1S/C36H47Cl2N3O7S/c1-24-20-41(25(2)23-42)36(43)31-19-28(39-49(44,45)30-13-11-29(46-5)12-14-30)10-16-34(31)48-26(3)8-6-7-17-47-35(24)22-40(4)21-27-9-15-32(37)33(38)18-27/h9-16,18-19,24-26,35,39,42H,6-8,17,20-23H2,1-5H3/t24-,25+,26-,35-/m0/s1. The van der Waals surface area contributed by atoms with Crippen molar-refractivity contribution in [2.24, 2.45) is 5.92 Å². The third-order valence-corrected chi connectivity index (χ3v) is 10.7. The maximum Gasteiger partial charge on any atom is 0.261 e. The maximum atomic E-state index is 14.4. The molecule has 4 atom stereocenters. The zero-order chi connectivity index (χ0) is 35.7. The van der Waals surface area contributed by atoms with Gasteiger partial charge in [0.05, 0.1) is 52.5 Å². The number of methoxy groups -OCH3 is 1. The summed E-state index contributed by atoms with van der Waals surface area (Å²) < 4.78 is 47.0. The van der Waals surface area contributed by atoms with Gasteiger partial charge in [0.25, 0.3) is 15.9 Å². The highest BCUT2D eigenvalue weighted by molar-refractivity contribution is 7.92. The molecule has 0 unspecified atom stereocenters. The number of likely N-dealkylation sites (N-methyl/N-ethyl adjacent to an activating group) is 1. The molecule has 13 heteroatoms. The summed E-state index contributed by atoms with van der Waals surface area (Å²) in [6, 6.07) is 15.8. The molecule has 3 aromatic rings. The molecule has 0 aromatic heterocycles. The van der Waals surface area contributed by atoms with Crippen LogP contribution in [0.4, 0.5) is 5.69 Å². The molecule has 268 valence electrons. The lowest BCUT2D eigenvalue weighted by atomic mass is 10.0. The fraction of sp³-hybridized carbons (Fsp3) is 0.472. The Bertz CT molecular complexity index is 1660. The van der Waals surface area contributed by atoms with Gasteiger partial charge in [0, 0.05) is 37.8 Å². The molecule has 0 aliphatic carbocycles. The molecule has 1 aliphatic rings. The van der Waals surface area contributed by atoms with Crippen molar-refractivity contribution in [1.82, 2.24) is 9.80 Å². The summed E-state index contributed by atoms with van der Waals surface area (Å²) in [5.41, 5.74) is 1.41. The number of hydrogen-bond donors (Lipinski definition) is 2. The number of rotatable bonds is 10. The van der Waals surface area contributed by atoms with Gasteiger partial charge in [0.1, 0.15) is 11.5 Å². The highest BCUT2D eigenvalue weighted by Gasteiger charge is 2.31. The van der Waals surface area contributed by atoms with Gasteiger partial charge in [0.2, 0.25) is 0 Å². The van der Waals surface area contributed by atoms with E-state index in [9.17, 15) is 18.3 Å². The Balaban J connectivity index is 1.63. The lowest BCUT2D eigenvalue weighted by Crippen LogP contribution is -2.47. The summed E-state index contributed by atoms with van der Waals surface area (Å²) >= 11 is 12.4. The summed E-state index contributed by atoms with van der Waals surface area (Å²) in [5, 5.41) is 11.3. The van der Waals surface area contributed by atoms with Gasteiger partial charge < -0.3 is 24.2 Å². The molecule has 4 rings (SSSR count). The van der Waals surface area contributed by atoms with E-state index in [0.717, 1.165) is 24.8 Å². The molecular weight excluding hydrogens is 689 g/mol. The number of sulfonamides is 1. The van der Waals surface area contributed by atoms with Crippen molar-refractivity contribution >= 4 is 44.8 Å². The average Bonchev–Trinajstić information content (AvgIpc) is 3.07. The molecule has 1 amide bonds. The van der Waals surface area contributed by atoms with E-state index >= 15 is 0 Å². The van der Waals surface area contributed by atoms with Crippen molar-refractivity contribution in [3.8, 4) is 11.5 Å². The topological polar surface area (TPSA) is 118 Å². The predicted molar refractivity (Wildman–Crippen MR) is 193 cm³/mol. The van der Waals surface area contributed by atoms with Gasteiger partial charge in [-0.2, -0.15) is 0 Å². The number of aliphatic hydroxyl groups excluding tert-OH is 1. The van der Waals surface area contributed by atoms with E-state index in [-0.39, 0.29) is 53.3 Å². The number of nitrogens with zero attached hydrogens (tertiary/aromatic N) is 2. The third kappa shape index (κ3) is 10.7. The summed E-state index contributed by atoms with van der Waals surface area (Å²) in [6.45, 7) is 7.53. The normalized spacial score (nSPS) is 20.2. The quantitative estimate of drug-likeness (QED) is 0.236. The number of ether oxygens (including phenoxy) is 3. The predicted octanol–water partition coefficient (Wildman–Crippen LogP) is 6.73. The molecule has 0 bridgehead atoms. The Morgan fingerprint density at radius 3 is 2.47 bits per heavy atom. The van der Waals surface area contributed by atoms with E-state index in [4.69, 9.17) is 37.4 Å². The largest absolute Gasteiger partial charge is 0.497 e. The second-order valence-corrected chi connectivity index (χ2v) is 15.2. The number of nitrogens with one attached hydrogen (secondary N) is 1. The highest BCUT2D eigenvalue weighted by Crippen LogP contribution is 2.30. The van der Waals surface area contributed by atoms with E-state index < -0.39 is 16.1 Å². The van der Waals surface area contributed by atoms with Crippen molar-refractivity contribution in [3.05, 3.63) is 81.8 Å². The molecule has 0 fully saturated rings. The lowest BCUT2D eigenvalue weighted by Gasteiger charge is -2.36. The van der Waals surface area contributed by atoms with Crippen LogP contribution in [-0.2, 0) is 21.3 Å². The van der Waals surface area contributed by atoms with Crippen LogP contribution in [0.1, 0.15) is 56.0 Å². The van der Waals surface area contributed by atoms with Gasteiger partial charge >= 0.3 is 0 Å². The summed E-state index contributed by atoms with van der Waals surface area (Å²) in [6.07, 6.45) is 1.98. The second kappa shape index (κ2) is 17.7. The summed E-state index contributed by atoms with van der Waals surface area (Å²) in [4.78, 5) is 18.2. The first-order valence-corrected chi connectivity index (χ1v) is 18.7. The minimum atomic E-state index is -3.98. The van der Waals surface area contributed by atoms with Crippen LogP contribution in [0.5, 0.6) is 11.5 Å². The minimum absolute atomic E-state index is 0.0455. The summed E-state index contributed by atoms with van der Waals surface area (Å²) in [5.74, 6) is 0.359. The van der Waals surface area contributed by atoms with E-state index in [1.807, 2.05) is 33.0 Å². The smallest absolute Gasteiger partial charge is 0.261 e.